The quantitative estimate of drug-likeness (QED) is 0.861. The van der Waals surface area contributed by atoms with E-state index in [1.54, 1.807) is 7.05 Å². The summed E-state index contributed by atoms with van der Waals surface area (Å²) >= 11 is 0. The van der Waals surface area contributed by atoms with Crippen molar-refractivity contribution in [2.24, 2.45) is 5.92 Å². The SMILES string of the molecule is CNC(=O)CC1CCN(C(=O)C(c2ccccc2)n2cnnn2)CC1. The molecule has 1 fully saturated rings. The Labute approximate surface area is 146 Å². The highest BCUT2D eigenvalue weighted by Gasteiger charge is 2.31. The van der Waals surface area contributed by atoms with Crippen molar-refractivity contribution in [2.45, 2.75) is 25.3 Å². The second-order valence-corrected chi connectivity index (χ2v) is 6.25. The van der Waals surface area contributed by atoms with Crippen LogP contribution in [0.15, 0.2) is 36.7 Å². The maximum atomic E-state index is 13.1. The third-order valence-electron chi connectivity index (χ3n) is 4.66. The second-order valence-electron chi connectivity index (χ2n) is 6.25. The van der Waals surface area contributed by atoms with Crippen LogP contribution in [0.25, 0.3) is 0 Å². The van der Waals surface area contributed by atoms with Gasteiger partial charge in [0.25, 0.3) is 5.91 Å². The smallest absolute Gasteiger partial charge is 0.252 e. The minimum atomic E-state index is -0.563. The molecule has 0 bridgehead atoms. The Bertz CT molecular complexity index is 695. The summed E-state index contributed by atoms with van der Waals surface area (Å²) in [6.45, 7) is 1.29. The molecule has 1 aliphatic rings. The summed E-state index contributed by atoms with van der Waals surface area (Å²) in [5, 5.41) is 13.9. The number of nitrogens with zero attached hydrogens (tertiary/aromatic N) is 5. The van der Waals surface area contributed by atoms with Crippen molar-refractivity contribution in [1.82, 2.24) is 30.4 Å². The number of hydrogen-bond donors (Lipinski definition) is 1. The van der Waals surface area contributed by atoms with Gasteiger partial charge in [0.2, 0.25) is 5.91 Å². The molecule has 8 heteroatoms. The second kappa shape index (κ2) is 7.87. The lowest BCUT2D eigenvalue weighted by Crippen LogP contribution is -2.43. The molecule has 0 spiro atoms. The molecule has 132 valence electrons. The van der Waals surface area contributed by atoms with Gasteiger partial charge in [0.1, 0.15) is 6.33 Å². The summed E-state index contributed by atoms with van der Waals surface area (Å²) in [5.74, 6) is 0.365. The van der Waals surface area contributed by atoms with Gasteiger partial charge in [0, 0.05) is 26.6 Å². The van der Waals surface area contributed by atoms with Gasteiger partial charge >= 0.3 is 0 Å². The van der Waals surface area contributed by atoms with Crippen LogP contribution in [0.3, 0.4) is 0 Å². The lowest BCUT2D eigenvalue weighted by Gasteiger charge is -2.34. The molecular weight excluding hydrogens is 320 g/mol. The predicted molar refractivity (Wildman–Crippen MR) is 90.4 cm³/mol. The molecule has 2 amide bonds. The number of rotatable bonds is 5. The van der Waals surface area contributed by atoms with Crippen molar-refractivity contribution in [2.75, 3.05) is 20.1 Å². The molecule has 2 aromatic rings. The average molecular weight is 342 g/mol. The van der Waals surface area contributed by atoms with E-state index in [1.807, 2.05) is 35.2 Å². The third-order valence-corrected chi connectivity index (χ3v) is 4.66. The number of carbonyl (C=O) groups is 2. The first-order chi connectivity index (χ1) is 12.2. The van der Waals surface area contributed by atoms with E-state index in [0.717, 1.165) is 18.4 Å². The molecule has 1 atom stereocenters. The molecule has 1 unspecified atom stereocenters. The summed E-state index contributed by atoms with van der Waals surface area (Å²) in [6.07, 6.45) is 3.65. The normalized spacial score (nSPS) is 16.4. The molecule has 8 nitrogen and oxygen atoms in total. The lowest BCUT2D eigenvalue weighted by atomic mass is 9.92. The maximum Gasteiger partial charge on any atom is 0.252 e. The van der Waals surface area contributed by atoms with E-state index >= 15 is 0 Å². The monoisotopic (exact) mass is 342 g/mol. The third kappa shape index (κ3) is 4.01. The Hall–Kier alpha value is -2.77. The predicted octanol–water partition coefficient (Wildman–Crippen LogP) is 0.637. The Balaban J connectivity index is 1.71. The van der Waals surface area contributed by atoms with E-state index in [1.165, 1.54) is 11.0 Å². The van der Waals surface area contributed by atoms with E-state index in [2.05, 4.69) is 20.8 Å². The summed E-state index contributed by atoms with van der Waals surface area (Å²) in [5.41, 5.74) is 0.854. The molecule has 1 saturated heterocycles. The van der Waals surface area contributed by atoms with E-state index in [0.29, 0.717) is 25.4 Å². The van der Waals surface area contributed by atoms with Gasteiger partial charge in [-0.3, -0.25) is 9.59 Å². The first-order valence-corrected chi connectivity index (χ1v) is 8.46. The van der Waals surface area contributed by atoms with Gasteiger partial charge in [-0.2, -0.15) is 0 Å². The zero-order chi connectivity index (χ0) is 17.6. The maximum absolute atomic E-state index is 13.1. The van der Waals surface area contributed by atoms with Crippen LogP contribution >= 0.6 is 0 Å². The van der Waals surface area contributed by atoms with Crippen LogP contribution in [0.1, 0.15) is 30.9 Å². The highest BCUT2D eigenvalue weighted by molar-refractivity contribution is 5.83. The van der Waals surface area contributed by atoms with Crippen LogP contribution in [0.2, 0.25) is 0 Å². The Kier molecular flexibility index (Phi) is 5.37. The van der Waals surface area contributed by atoms with Crippen molar-refractivity contribution < 1.29 is 9.59 Å². The van der Waals surface area contributed by atoms with E-state index in [-0.39, 0.29) is 11.8 Å². The van der Waals surface area contributed by atoms with Gasteiger partial charge in [-0.05, 0) is 34.7 Å². The number of benzene rings is 1. The number of hydrogen-bond acceptors (Lipinski definition) is 5. The largest absolute Gasteiger partial charge is 0.359 e. The van der Waals surface area contributed by atoms with Crippen LogP contribution < -0.4 is 5.32 Å². The van der Waals surface area contributed by atoms with Gasteiger partial charge in [-0.15, -0.1) is 5.10 Å². The van der Waals surface area contributed by atoms with E-state index in [9.17, 15) is 9.59 Å². The van der Waals surface area contributed by atoms with Crippen LogP contribution in [0, 0.1) is 5.92 Å². The van der Waals surface area contributed by atoms with Crippen molar-refractivity contribution in [1.29, 1.82) is 0 Å². The molecule has 1 aliphatic heterocycles. The molecule has 2 heterocycles. The number of amides is 2. The summed E-state index contributed by atoms with van der Waals surface area (Å²) in [7, 11) is 1.65. The molecule has 0 aliphatic carbocycles. The summed E-state index contributed by atoms with van der Waals surface area (Å²) < 4.78 is 1.49. The Morgan fingerprint density at radius 1 is 1.24 bits per heavy atom. The Morgan fingerprint density at radius 3 is 2.56 bits per heavy atom. The van der Waals surface area contributed by atoms with Gasteiger partial charge in [-0.1, -0.05) is 30.3 Å². The van der Waals surface area contributed by atoms with Crippen molar-refractivity contribution in [3.8, 4) is 0 Å². The molecule has 25 heavy (non-hydrogen) atoms. The zero-order valence-corrected chi connectivity index (χ0v) is 14.2. The highest BCUT2D eigenvalue weighted by atomic mass is 16.2. The first kappa shape index (κ1) is 17.1. The molecule has 1 N–H and O–H groups in total. The molecular formula is C17H22N6O2. The van der Waals surface area contributed by atoms with Crippen LogP contribution in [0.4, 0.5) is 0 Å². The molecule has 0 radical (unpaired) electrons. The van der Waals surface area contributed by atoms with Crippen LogP contribution in [0.5, 0.6) is 0 Å². The van der Waals surface area contributed by atoms with Crippen LogP contribution in [-0.2, 0) is 9.59 Å². The topological polar surface area (TPSA) is 93.0 Å². The van der Waals surface area contributed by atoms with Gasteiger partial charge in [0.05, 0.1) is 0 Å². The number of aromatic nitrogens is 4. The first-order valence-electron chi connectivity index (χ1n) is 8.46. The molecule has 1 aromatic carbocycles. The number of carbonyl (C=O) groups excluding carboxylic acids is 2. The summed E-state index contributed by atoms with van der Waals surface area (Å²) in [4.78, 5) is 26.5. The fourth-order valence-corrected chi connectivity index (χ4v) is 3.23. The number of piperidine rings is 1. The highest BCUT2D eigenvalue weighted by Crippen LogP contribution is 2.25. The van der Waals surface area contributed by atoms with Gasteiger partial charge in [-0.25, -0.2) is 4.68 Å². The molecule has 0 saturated carbocycles. The molecule has 1 aromatic heterocycles. The summed E-state index contributed by atoms with van der Waals surface area (Å²) in [6, 6.07) is 8.96. The van der Waals surface area contributed by atoms with Crippen molar-refractivity contribution >= 4 is 11.8 Å². The fraction of sp³-hybridized carbons (Fsp3) is 0.471. The van der Waals surface area contributed by atoms with Crippen molar-refractivity contribution in [3.05, 3.63) is 42.2 Å². The van der Waals surface area contributed by atoms with E-state index < -0.39 is 6.04 Å². The average Bonchev–Trinajstić information content (AvgIpc) is 3.17. The number of likely N-dealkylation sites (tertiary alicyclic amines) is 1. The zero-order valence-electron chi connectivity index (χ0n) is 14.2. The minimum Gasteiger partial charge on any atom is -0.359 e. The van der Waals surface area contributed by atoms with E-state index in [4.69, 9.17) is 0 Å². The van der Waals surface area contributed by atoms with Gasteiger partial charge in [0.15, 0.2) is 6.04 Å². The lowest BCUT2D eigenvalue weighted by molar-refractivity contribution is -0.135. The van der Waals surface area contributed by atoms with Gasteiger partial charge < -0.3 is 10.2 Å². The Morgan fingerprint density at radius 2 is 1.96 bits per heavy atom. The van der Waals surface area contributed by atoms with Crippen molar-refractivity contribution in [3.63, 3.8) is 0 Å². The number of nitrogens with one attached hydrogen (secondary N) is 1. The molecule has 3 rings (SSSR count). The van der Waals surface area contributed by atoms with Crippen LogP contribution in [-0.4, -0.2) is 57.1 Å². The minimum absolute atomic E-state index is 0.0168. The fourth-order valence-electron chi connectivity index (χ4n) is 3.23. The standard InChI is InChI=1S/C17H22N6O2/c1-18-15(24)11-13-7-9-22(10-8-13)17(25)16(23-12-19-20-21-23)14-5-3-2-4-6-14/h2-6,12-13,16H,7-11H2,1H3,(H,18,24). The number of tetrazole rings is 1.